The minimum Gasteiger partial charge on any atom is -0.355 e. The fourth-order valence-electron chi connectivity index (χ4n) is 1.31. The first-order valence-electron chi connectivity index (χ1n) is 5.08. The Hall–Kier alpha value is -1.14. The highest BCUT2D eigenvalue weighted by Crippen LogP contribution is 2.11. The predicted molar refractivity (Wildman–Crippen MR) is 55.6 cm³/mol. The van der Waals surface area contributed by atoms with Gasteiger partial charge in [0.05, 0.1) is 6.67 Å². The molecule has 0 aromatic carbocycles. The molecule has 6 heteroatoms. The second-order valence-corrected chi connectivity index (χ2v) is 3.57. The van der Waals surface area contributed by atoms with Crippen LogP contribution in [0, 0.1) is 0 Å². The van der Waals surface area contributed by atoms with Crippen LogP contribution >= 0.6 is 0 Å². The van der Waals surface area contributed by atoms with Gasteiger partial charge in [0.25, 0.3) is 0 Å². The quantitative estimate of drug-likeness (QED) is 0.542. The van der Waals surface area contributed by atoms with Crippen molar-refractivity contribution in [2.75, 3.05) is 32.8 Å². The van der Waals surface area contributed by atoms with Crippen LogP contribution in [-0.2, 0) is 9.59 Å². The summed E-state index contributed by atoms with van der Waals surface area (Å²) in [6.45, 7) is 6.95. The summed E-state index contributed by atoms with van der Waals surface area (Å²) in [6, 6.07) is 0. The Balaban J connectivity index is 1.93. The van der Waals surface area contributed by atoms with Gasteiger partial charge in [-0.1, -0.05) is 0 Å². The van der Waals surface area contributed by atoms with Crippen molar-refractivity contribution in [3.8, 4) is 0 Å². The zero-order valence-corrected chi connectivity index (χ0v) is 9.25. The van der Waals surface area contributed by atoms with E-state index in [0.29, 0.717) is 13.1 Å². The summed E-state index contributed by atoms with van der Waals surface area (Å²) in [5.74, 6) is 0.00305. The first-order valence-corrected chi connectivity index (χ1v) is 5.08. The van der Waals surface area contributed by atoms with Crippen LogP contribution in [0.15, 0.2) is 0 Å². The molecule has 1 rings (SSSR count). The van der Waals surface area contributed by atoms with Crippen molar-refractivity contribution in [2.45, 2.75) is 13.8 Å². The molecule has 2 unspecified atom stereocenters. The van der Waals surface area contributed by atoms with Gasteiger partial charge in [0.15, 0.2) is 0 Å². The lowest BCUT2D eigenvalue weighted by atomic mass is 10.6. The molecule has 2 amide bonds. The summed E-state index contributed by atoms with van der Waals surface area (Å²) in [5, 5.41) is 9.71. The second kappa shape index (κ2) is 5.67. The van der Waals surface area contributed by atoms with Gasteiger partial charge >= 0.3 is 0 Å². The summed E-state index contributed by atoms with van der Waals surface area (Å²) in [5.41, 5.74) is 0. The van der Waals surface area contributed by atoms with Gasteiger partial charge in [-0.3, -0.25) is 9.59 Å². The number of hydrogen-bond acceptors (Lipinski definition) is 4. The van der Waals surface area contributed by atoms with E-state index in [1.54, 1.807) is 0 Å². The number of hydrazine groups is 1. The largest absolute Gasteiger partial charge is 0.355 e. The molecule has 0 spiro atoms. The molecule has 6 nitrogen and oxygen atoms in total. The first kappa shape index (κ1) is 11.9. The molecule has 0 aromatic heterocycles. The average Bonchev–Trinajstić information content (AvgIpc) is 2.82. The molecule has 0 saturated carbocycles. The molecule has 0 bridgehead atoms. The smallest absolute Gasteiger partial charge is 0.216 e. The van der Waals surface area contributed by atoms with Crippen molar-refractivity contribution in [3.05, 3.63) is 0 Å². The van der Waals surface area contributed by atoms with Crippen LogP contribution in [0.25, 0.3) is 0 Å². The van der Waals surface area contributed by atoms with E-state index in [1.165, 1.54) is 13.8 Å². The number of hydrogen-bond donors (Lipinski definition) is 2. The molecule has 15 heavy (non-hydrogen) atoms. The topological polar surface area (TPSA) is 64.2 Å². The van der Waals surface area contributed by atoms with E-state index in [-0.39, 0.29) is 11.8 Å². The first-order chi connectivity index (χ1) is 7.09. The molecule has 2 atom stereocenters. The molecule has 1 aliphatic heterocycles. The highest BCUT2D eigenvalue weighted by molar-refractivity contribution is 5.73. The lowest BCUT2D eigenvalue weighted by molar-refractivity contribution is -0.119. The van der Waals surface area contributed by atoms with Crippen LogP contribution in [0.5, 0.6) is 0 Å². The molecule has 86 valence electrons. The van der Waals surface area contributed by atoms with E-state index < -0.39 is 0 Å². The van der Waals surface area contributed by atoms with Crippen molar-refractivity contribution >= 4 is 11.8 Å². The predicted octanol–water partition coefficient (Wildman–Crippen LogP) is -1.25. The second-order valence-electron chi connectivity index (χ2n) is 3.57. The van der Waals surface area contributed by atoms with Gasteiger partial charge in [0, 0.05) is 40.0 Å². The van der Waals surface area contributed by atoms with Crippen molar-refractivity contribution in [1.82, 2.24) is 20.7 Å². The SMILES string of the molecule is CC(=O)NCCN1CN1CCNC(C)=O. The Labute approximate surface area is 89.6 Å². The molecule has 1 fully saturated rings. The van der Waals surface area contributed by atoms with E-state index in [9.17, 15) is 9.59 Å². The van der Waals surface area contributed by atoms with Crippen molar-refractivity contribution in [1.29, 1.82) is 0 Å². The van der Waals surface area contributed by atoms with Crippen LogP contribution in [-0.4, -0.2) is 54.7 Å². The Bertz CT molecular complexity index is 220. The van der Waals surface area contributed by atoms with Gasteiger partial charge in [-0.2, -0.15) is 0 Å². The van der Waals surface area contributed by atoms with E-state index >= 15 is 0 Å². The third-order valence-electron chi connectivity index (χ3n) is 2.13. The zero-order valence-electron chi connectivity index (χ0n) is 9.25. The number of nitrogens with zero attached hydrogens (tertiary/aromatic N) is 2. The summed E-state index contributed by atoms with van der Waals surface area (Å²) in [4.78, 5) is 21.2. The summed E-state index contributed by atoms with van der Waals surface area (Å²) in [7, 11) is 0. The lowest BCUT2D eigenvalue weighted by Gasteiger charge is -2.06. The molecular formula is C9H18N4O2. The fraction of sp³-hybridized carbons (Fsp3) is 0.778. The summed E-state index contributed by atoms with van der Waals surface area (Å²) >= 11 is 0. The highest BCUT2D eigenvalue weighted by Gasteiger charge is 2.29. The summed E-state index contributed by atoms with van der Waals surface area (Å²) in [6.07, 6.45) is 0. The van der Waals surface area contributed by atoms with Gasteiger partial charge < -0.3 is 10.6 Å². The van der Waals surface area contributed by atoms with Crippen LogP contribution in [0.4, 0.5) is 0 Å². The van der Waals surface area contributed by atoms with Crippen molar-refractivity contribution in [2.24, 2.45) is 0 Å². The minimum atomic E-state index is 0.00152. The zero-order chi connectivity index (χ0) is 11.3. The molecule has 1 saturated heterocycles. The molecule has 1 heterocycles. The summed E-state index contributed by atoms with van der Waals surface area (Å²) < 4.78 is 0. The van der Waals surface area contributed by atoms with E-state index in [0.717, 1.165) is 19.8 Å². The van der Waals surface area contributed by atoms with Crippen molar-refractivity contribution in [3.63, 3.8) is 0 Å². The molecule has 0 radical (unpaired) electrons. The molecule has 0 aromatic rings. The Kier molecular flexibility index (Phi) is 4.51. The van der Waals surface area contributed by atoms with Gasteiger partial charge in [-0.25, -0.2) is 10.0 Å². The maximum atomic E-state index is 10.6. The van der Waals surface area contributed by atoms with Crippen LogP contribution < -0.4 is 10.6 Å². The third kappa shape index (κ3) is 5.34. The van der Waals surface area contributed by atoms with Gasteiger partial charge in [-0.15, -0.1) is 0 Å². The molecule has 0 aliphatic carbocycles. The molecule has 1 aliphatic rings. The number of carbonyl (C=O) groups is 2. The fourth-order valence-corrected chi connectivity index (χ4v) is 1.31. The third-order valence-corrected chi connectivity index (χ3v) is 2.13. The maximum Gasteiger partial charge on any atom is 0.216 e. The number of nitrogens with one attached hydrogen (secondary N) is 2. The van der Waals surface area contributed by atoms with E-state index in [2.05, 4.69) is 20.7 Å². The Morgan fingerprint density at radius 2 is 1.40 bits per heavy atom. The Morgan fingerprint density at radius 3 is 1.73 bits per heavy atom. The number of amides is 2. The lowest BCUT2D eigenvalue weighted by Crippen LogP contribution is -2.30. The normalized spacial score (nSPS) is 23.3. The van der Waals surface area contributed by atoms with Gasteiger partial charge in [0.1, 0.15) is 0 Å². The maximum absolute atomic E-state index is 10.6. The highest BCUT2D eigenvalue weighted by atomic mass is 16.2. The van der Waals surface area contributed by atoms with Crippen LogP contribution in [0.2, 0.25) is 0 Å². The van der Waals surface area contributed by atoms with Gasteiger partial charge in [0.2, 0.25) is 11.8 Å². The van der Waals surface area contributed by atoms with Crippen molar-refractivity contribution < 1.29 is 9.59 Å². The molecule has 2 N–H and O–H groups in total. The van der Waals surface area contributed by atoms with Gasteiger partial charge in [-0.05, 0) is 0 Å². The van der Waals surface area contributed by atoms with E-state index in [4.69, 9.17) is 0 Å². The van der Waals surface area contributed by atoms with E-state index in [1.807, 2.05) is 0 Å². The number of carbonyl (C=O) groups excluding carboxylic acids is 2. The van der Waals surface area contributed by atoms with Crippen LogP contribution in [0.3, 0.4) is 0 Å². The monoisotopic (exact) mass is 214 g/mol. The van der Waals surface area contributed by atoms with Crippen LogP contribution in [0.1, 0.15) is 13.8 Å². The average molecular weight is 214 g/mol. The standard InChI is InChI=1S/C9H18N4O2/c1-8(14)10-3-5-12-7-13(12)6-4-11-9(2)15/h3-7H2,1-2H3,(H,10,14)(H,11,15). The Morgan fingerprint density at radius 1 is 1.00 bits per heavy atom. The number of rotatable bonds is 6. The minimum absolute atomic E-state index is 0.00152. The molecular weight excluding hydrogens is 196 g/mol.